The van der Waals surface area contributed by atoms with E-state index in [1.54, 1.807) is 4.90 Å². The first-order valence-corrected chi connectivity index (χ1v) is 10.1. The fraction of sp³-hybridized carbons (Fsp3) is 0.412. The van der Waals surface area contributed by atoms with E-state index in [4.69, 9.17) is 0 Å². The number of hydrogen-bond donors (Lipinski definition) is 2. The predicted octanol–water partition coefficient (Wildman–Crippen LogP) is 1.06. The van der Waals surface area contributed by atoms with Crippen molar-refractivity contribution in [1.82, 2.24) is 24.5 Å². The van der Waals surface area contributed by atoms with Crippen molar-refractivity contribution in [1.29, 1.82) is 0 Å². The lowest BCUT2D eigenvalue weighted by Gasteiger charge is -2.22. The molecule has 0 atom stereocenters. The maximum absolute atomic E-state index is 12.5. The lowest BCUT2D eigenvalue weighted by atomic mass is 10.1. The fourth-order valence-electron chi connectivity index (χ4n) is 2.93. The monoisotopic (exact) mass is 377 g/mol. The first-order chi connectivity index (χ1) is 12.6. The van der Waals surface area contributed by atoms with Crippen LogP contribution >= 0.6 is 0 Å². The SMILES string of the molecule is O=C(NCCc1ccccc1)N1CCCN(S(=O)(=O)c2cnc[nH]2)CC1. The van der Waals surface area contributed by atoms with Gasteiger partial charge in [0.25, 0.3) is 10.0 Å². The third kappa shape index (κ3) is 4.41. The summed E-state index contributed by atoms with van der Waals surface area (Å²) in [5.41, 5.74) is 1.17. The average Bonchev–Trinajstić information content (AvgIpc) is 3.07. The molecule has 1 aliphatic rings. The van der Waals surface area contributed by atoms with Gasteiger partial charge in [-0.1, -0.05) is 30.3 Å². The van der Waals surface area contributed by atoms with Crippen LogP contribution in [0.4, 0.5) is 4.79 Å². The van der Waals surface area contributed by atoms with Crippen LogP contribution in [0.3, 0.4) is 0 Å². The number of aromatic nitrogens is 2. The highest BCUT2D eigenvalue weighted by Gasteiger charge is 2.29. The lowest BCUT2D eigenvalue weighted by molar-refractivity contribution is 0.200. The summed E-state index contributed by atoms with van der Waals surface area (Å²) in [7, 11) is -3.59. The molecule has 0 aliphatic carbocycles. The van der Waals surface area contributed by atoms with Crippen molar-refractivity contribution in [2.75, 3.05) is 32.7 Å². The van der Waals surface area contributed by atoms with Gasteiger partial charge in [-0.15, -0.1) is 0 Å². The first kappa shape index (κ1) is 18.4. The summed E-state index contributed by atoms with van der Waals surface area (Å²) in [6, 6.07) is 9.80. The van der Waals surface area contributed by atoms with E-state index in [0.29, 0.717) is 32.6 Å². The summed E-state index contributed by atoms with van der Waals surface area (Å²) in [5.74, 6) is 0. The van der Waals surface area contributed by atoms with Gasteiger partial charge in [-0.25, -0.2) is 18.2 Å². The summed E-state index contributed by atoms with van der Waals surface area (Å²) in [6.45, 7) is 2.11. The first-order valence-electron chi connectivity index (χ1n) is 8.62. The Morgan fingerprint density at radius 1 is 1.15 bits per heavy atom. The van der Waals surface area contributed by atoms with Crippen molar-refractivity contribution in [3.05, 3.63) is 48.4 Å². The number of carbonyl (C=O) groups is 1. The zero-order valence-corrected chi connectivity index (χ0v) is 15.3. The van der Waals surface area contributed by atoms with Gasteiger partial charge >= 0.3 is 6.03 Å². The molecule has 0 unspecified atom stereocenters. The number of hydrogen-bond acceptors (Lipinski definition) is 4. The number of H-pyrrole nitrogens is 1. The summed E-state index contributed by atoms with van der Waals surface area (Å²) >= 11 is 0. The van der Waals surface area contributed by atoms with Gasteiger partial charge in [-0.2, -0.15) is 4.31 Å². The largest absolute Gasteiger partial charge is 0.338 e. The summed E-state index contributed by atoms with van der Waals surface area (Å²) in [5, 5.41) is 2.99. The molecule has 2 aromatic rings. The van der Waals surface area contributed by atoms with E-state index in [1.165, 1.54) is 22.4 Å². The topological polar surface area (TPSA) is 98.4 Å². The zero-order valence-electron chi connectivity index (χ0n) is 14.5. The van der Waals surface area contributed by atoms with E-state index in [0.717, 1.165) is 6.42 Å². The molecule has 0 spiro atoms. The molecule has 26 heavy (non-hydrogen) atoms. The Morgan fingerprint density at radius 2 is 1.96 bits per heavy atom. The minimum absolute atomic E-state index is 0.0817. The minimum atomic E-state index is -3.59. The van der Waals surface area contributed by atoms with Crippen LogP contribution in [0.15, 0.2) is 47.9 Å². The van der Waals surface area contributed by atoms with Gasteiger partial charge in [0.1, 0.15) is 0 Å². The smallest absolute Gasteiger partial charge is 0.317 e. The highest BCUT2D eigenvalue weighted by atomic mass is 32.2. The van der Waals surface area contributed by atoms with Gasteiger partial charge in [-0.3, -0.25) is 0 Å². The van der Waals surface area contributed by atoms with Gasteiger partial charge in [0.15, 0.2) is 5.03 Å². The molecule has 2 amide bonds. The molecule has 1 aromatic heterocycles. The molecule has 1 fully saturated rings. The number of carbonyl (C=O) groups excluding carboxylic acids is 1. The Labute approximate surface area is 153 Å². The van der Waals surface area contributed by atoms with Gasteiger partial charge in [0, 0.05) is 32.7 Å². The second-order valence-electron chi connectivity index (χ2n) is 6.13. The molecule has 3 rings (SSSR count). The van der Waals surface area contributed by atoms with Crippen molar-refractivity contribution >= 4 is 16.1 Å². The summed E-state index contributed by atoms with van der Waals surface area (Å²) < 4.78 is 26.5. The second-order valence-corrected chi connectivity index (χ2v) is 8.03. The van der Waals surface area contributed by atoms with Crippen molar-refractivity contribution in [3.8, 4) is 0 Å². The van der Waals surface area contributed by atoms with E-state index in [1.807, 2.05) is 30.3 Å². The maximum atomic E-state index is 12.5. The molecule has 1 aliphatic heterocycles. The molecular formula is C17H23N5O3S. The van der Waals surface area contributed by atoms with Gasteiger partial charge < -0.3 is 15.2 Å². The quantitative estimate of drug-likeness (QED) is 0.814. The summed E-state index contributed by atoms with van der Waals surface area (Å²) in [6.07, 6.45) is 4.01. The van der Waals surface area contributed by atoms with Crippen LogP contribution in [0.5, 0.6) is 0 Å². The maximum Gasteiger partial charge on any atom is 0.317 e. The average molecular weight is 377 g/mol. The Balaban J connectivity index is 1.51. The molecule has 0 saturated carbocycles. The van der Waals surface area contributed by atoms with E-state index >= 15 is 0 Å². The molecule has 1 aromatic carbocycles. The molecule has 8 nitrogen and oxygen atoms in total. The molecule has 0 radical (unpaired) electrons. The highest BCUT2D eigenvalue weighted by Crippen LogP contribution is 2.15. The van der Waals surface area contributed by atoms with Gasteiger partial charge in [-0.05, 0) is 18.4 Å². The van der Waals surface area contributed by atoms with Gasteiger partial charge in [0.2, 0.25) is 0 Å². The van der Waals surface area contributed by atoms with Gasteiger partial charge in [0.05, 0.1) is 12.5 Å². The minimum Gasteiger partial charge on any atom is -0.338 e. The van der Waals surface area contributed by atoms with Crippen molar-refractivity contribution < 1.29 is 13.2 Å². The Hall–Kier alpha value is -2.39. The van der Waals surface area contributed by atoms with E-state index in [-0.39, 0.29) is 17.6 Å². The van der Waals surface area contributed by atoms with Crippen LogP contribution in [-0.4, -0.2) is 66.3 Å². The lowest BCUT2D eigenvalue weighted by Crippen LogP contribution is -2.43. The fourth-order valence-corrected chi connectivity index (χ4v) is 4.30. The molecule has 0 bridgehead atoms. The normalized spacial score (nSPS) is 16.2. The van der Waals surface area contributed by atoms with Crippen molar-refractivity contribution in [3.63, 3.8) is 0 Å². The zero-order chi connectivity index (χ0) is 18.4. The van der Waals surface area contributed by atoms with E-state index in [2.05, 4.69) is 15.3 Å². The van der Waals surface area contributed by atoms with Crippen LogP contribution in [0, 0.1) is 0 Å². The number of nitrogens with one attached hydrogen (secondary N) is 2. The molecule has 1 saturated heterocycles. The van der Waals surface area contributed by atoms with Crippen LogP contribution in [-0.2, 0) is 16.4 Å². The number of benzene rings is 1. The number of rotatable bonds is 5. The summed E-state index contributed by atoms with van der Waals surface area (Å²) in [4.78, 5) is 20.4. The Kier molecular flexibility index (Phi) is 5.89. The Bertz CT molecular complexity index is 808. The third-order valence-electron chi connectivity index (χ3n) is 4.37. The van der Waals surface area contributed by atoms with E-state index < -0.39 is 10.0 Å². The number of imidazole rings is 1. The van der Waals surface area contributed by atoms with E-state index in [9.17, 15) is 13.2 Å². The predicted molar refractivity (Wildman–Crippen MR) is 97.1 cm³/mol. The number of aromatic amines is 1. The van der Waals surface area contributed by atoms with Crippen LogP contribution < -0.4 is 5.32 Å². The Morgan fingerprint density at radius 3 is 2.69 bits per heavy atom. The molecular weight excluding hydrogens is 354 g/mol. The number of nitrogens with zero attached hydrogens (tertiary/aromatic N) is 3. The third-order valence-corrected chi connectivity index (χ3v) is 6.19. The molecule has 2 N–H and O–H groups in total. The molecule has 2 heterocycles. The van der Waals surface area contributed by atoms with Crippen LogP contribution in [0.25, 0.3) is 0 Å². The van der Waals surface area contributed by atoms with Crippen LogP contribution in [0.2, 0.25) is 0 Å². The van der Waals surface area contributed by atoms with Crippen molar-refractivity contribution in [2.24, 2.45) is 0 Å². The second kappa shape index (κ2) is 8.33. The van der Waals surface area contributed by atoms with Crippen LogP contribution in [0.1, 0.15) is 12.0 Å². The molecule has 140 valence electrons. The standard InChI is InChI=1S/C17H23N5O3S/c23-17(19-8-7-15-5-2-1-3-6-15)21-9-4-10-22(12-11-21)26(24,25)16-13-18-14-20-16/h1-3,5-6,13-14H,4,7-12H2,(H,18,20)(H,19,23). The number of urea groups is 1. The highest BCUT2D eigenvalue weighted by molar-refractivity contribution is 7.89. The van der Waals surface area contributed by atoms with Crippen molar-refractivity contribution in [2.45, 2.75) is 17.9 Å². The molecule has 9 heteroatoms. The number of amides is 2. The number of sulfonamides is 1.